The molecule has 10 nitrogen and oxygen atoms in total. The molecule has 0 saturated carbocycles. The van der Waals surface area contributed by atoms with Crippen LogP contribution in [-0.2, 0) is 13.0 Å². The number of tetrazole rings is 1. The maximum atomic E-state index is 13.2. The third-order valence-corrected chi connectivity index (χ3v) is 5.89. The van der Waals surface area contributed by atoms with E-state index >= 15 is 0 Å². The highest BCUT2D eigenvalue weighted by Crippen LogP contribution is 2.30. The van der Waals surface area contributed by atoms with Crippen molar-refractivity contribution in [2.24, 2.45) is 0 Å². The van der Waals surface area contributed by atoms with Crippen LogP contribution in [0.15, 0.2) is 53.3 Å². The van der Waals surface area contributed by atoms with Crippen molar-refractivity contribution in [1.29, 1.82) is 0 Å². The Labute approximate surface area is 201 Å². The van der Waals surface area contributed by atoms with Gasteiger partial charge in [0.25, 0.3) is 0 Å². The first-order valence-corrected chi connectivity index (χ1v) is 11.5. The van der Waals surface area contributed by atoms with E-state index in [1.807, 2.05) is 55.5 Å². The first-order valence-electron chi connectivity index (χ1n) is 11.5. The Hall–Kier alpha value is -4.34. The van der Waals surface area contributed by atoms with Crippen LogP contribution in [0, 0.1) is 0 Å². The van der Waals surface area contributed by atoms with E-state index in [1.165, 1.54) is 4.57 Å². The zero-order valence-corrected chi connectivity index (χ0v) is 19.6. The van der Waals surface area contributed by atoms with Gasteiger partial charge in [0.05, 0.1) is 12.2 Å². The molecule has 4 aromatic rings. The zero-order chi connectivity index (χ0) is 24.9. The number of aromatic nitrogens is 6. The van der Waals surface area contributed by atoms with Gasteiger partial charge in [-0.2, -0.15) is 5.21 Å². The van der Waals surface area contributed by atoms with Gasteiger partial charge >= 0.3 is 11.7 Å². The Morgan fingerprint density at radius 1 is 1.03 bits per heavy atom. The number of H-pyrrole nitrogens is 1. The van der Waals surface area contributed by atoms with Gasteiger partial charge in [0, 0.05) is 12.0 Å². The summed E-state index contributed by atoms with van der Waals surface area (Å²) in [6.07, 6.45) is 1.96. The van der Waals surface area contributed by atoms with Crippen LogP contribution in [0.3, 0.4) is 0 Å². The van der Waals surface area contributed by atoms with Gasteiger partial charge in [-0.15, -0.1) is 10.2 Å². The molecule has 2 aromatic carbocycles. The van der Waals surface area contributed by atoms with Crippen molar-refractivity contribution in [3.63, 3.8) is 0 Å². The zero-order valence-electron chi connectivity index (χ0n) is 19.6. The highest BCUT2D eigenvalue weighted by Gasteiger charge is 2.27. The fourth-order valence-electron chi connectivity index (χ4n) is 4.14. The fraction of sp³-hybridized carbons (Fsp3) is 0.280. The van der Waals surface area contributed by atoms with Crippen LogP contribution in [0.4, 0.5) is 0 Å². The molecule has 2 aromatic heterocycles. The lowest BCUT2D eigenvalue weighted by atomic mass is 9.98. The largest absolute Gasteiger partial charge is 0.477 e. The number of hydrogen-bond donors (Lipinski definition) is 2. The lowest BCUT2D eigenvalue weighted by Gasteiger charge is -2.10. The first-order chi connectivity index (χ1) is 17.0. The van der Waals surface area contributed by atoms with Crippen molar-refractivity contribution in [3.8, 4) is 22.5 Å². The van der Waals surface area contributed by atoms with E-state index in [0.717, 1.165) is 33.2 Å². The minimum Gasteiger partial charge on any atom is -0.477 e. The van der Waals surface area contributed by atoms with Gasteiger partial charge in [-0.3, -0.25) is 9.36 Å². The van der Waals surface area contributed by atoms with Gasteiger partial charge < -0.3 is 5.11 Å². The second-order valence-corrected chi connectivity index (χ2v) is 8.13. The van der Waals surface area contributed by atoms with Crippen molar-refractivity contribution in [3.05, 3.63) is 76.0 Å². The molecular formula is C25H26N6O4. The van der Waals surface area contributed by atoms with E-state index < -0.39 is 17.6 Å². The van der Waals surface area contributed by atoms with Crippen molar-refractivity contribution >= 4 is 11.9 Å². The van der Waals surface area contributed by atoms with Crippen LogP contribution in [0.5, 0.6) is 0 Å². The summed E-state index contributed by atoms with van der Waals surface area (Å²) in [5.41, 5.74) is 3.01. The summed E-state index contributed by atoms with van der Waals surface area (Å²) in [5.74, 6) is -1.32. The smallest absolute Gasteiger partial charge is 0.354 e. The number of aromatic carboxylic acids is 1. The Balaban J connectivity index is 1.72. The van der Waals surface area contributed by atoms with Crippen LogP contribution >= 0.6 is 0 Å². The van der Waals surface area contributed by atoms with E-state index in [1.54, 1.807) is 6.92 Å². The molecule has 0 unspecified atom stereocenters. The van der Waals surface area contributed by atoms with Gasteiger partial charge in [-0.25, -0.2) is 14.2 Å². The van der Waals surface area contributed by atoms with Crippen molar-refractivity contribution in [2.45, 2.75) is 46.1 Å². The summed E-state index contributed by atoms with van der Waals surface area (Å²) in [7, 11) is 0. The Bertz CT molecular complexity index is 1400. The molecule has 0 amide bonds. The number of imidazole rings is 1. The standard InChI is InChI=1S/C25H26N6O4/c1-3-5-10-20-22(24(33)34)31(21(32)4-2)25(35)30(20)15-16-11-13-17(14-12-16)18-8-6-7-9-19(18)23-26-28-29-27-23/h6-9,11-14H,3-5,10,15H2,1-2H3,(H,33,34)(H,26,27,28,29). The summed E-state index contributed by atoms with van der Waals surface area (Å²) >= 11 is 0. The molecule has 0 aliphatic carbocycles. The molecule has 0 atom stereocenters. The van der Waals surface area contributed by atoms with Gasteiger partial charge in [-0.1, -0.05) is 68.8 Å². The van der Waals surface area contributed by atoms with E-state index in [4.69, 9.17) is 0 Å². The maximum Gasteiger partial charge on any atom is 0.354 e. The fourth-order valence-corrected chi connectivity index (χ4v) is 4.14. The molecule has 35 heavy (non-hydrogen) atoms. The SMILES string of the molecule is CCCCc1c(C(=O)O)n(C(=O)CC)c(=O)n1Cc1ccc(-c2ccccc2-c2nn[nH]n2)cc1. The molecule has 0 saturated heterocycles. The molecule has 0 aliphatic rings. The lowest BCUT2D eigenvalue weighted by Crippen LogP contribution is -2.30. The third-order valence-electron chi connectivity index (χ3n) is 5.89. The number of carbonyl (C=O) groups is 2. The highest BCUT2D eigenvalue weighted by atomic mass is 16.4. The normalized spacial score (nSPS) is 11.0. The molecule has 0 fully saturated rings. The van der Waals surface area contributed by atoms with Gasteiger partial charge in [0.2, 0.25) is 11.7 Å². The predicted octanol–water partition coefficient (Wildman–Crippen LogP) is 3.64. The average Bonchev–Trinajstić information content (AvgIpc) is 3.50. The van der Waals surface area contributed by atoms with E-state index in [9.17, 15) is 19.5 Å². The Kier molecular flexibility index (Phi) is 7.00. The number of carboxylic acid groups (broad SMARTS) is 1. The summed E-state index contributed by atoms with van der Waals surface area (Å²) < 4.78 is 2.22. The average molecular weight is 475 g/mol. The highest BCUT2D eigenvalue weighted by molar-refractivity contribution is 5.93. The minimum atomic E-state index is -1.28. The summed E-state index contributed by atoms with van der Waals surface area (Å²) in [5, 5.41) is 24.1. The number of rotatable bonds is 9. The molecule has 0 spiro atoms. The summed E-state index contributed by atoms with van der Waals surface area (Å²) in [4.78, 5) is 37.7. The van der Waals surface area contributed by atoms with E-state index in [2.05, 4.69) is 20.6 Å². The molecule has 10 heteroatoms. The van der Waals surface area contributed by atoms with Crippen LogP contribution in [0.25, 0.3) is 22.5 Å². The molecule has 0 radical (unpaired) electrons. The number of nitrogens with zero attached hydrogens (tertiary/aromatic N) is 5. The molecule has 0 aliphatic heterocycles. The summed E-state index contributed by atoms with van der Waals surface area (Å²) in [6.45, 7) is 3.76. The van der Waals surface area contributed by atoms with Crippen LogP contribution in [-0.4, -0.2) is 46.7 Å². The number of unbranched alkanes of at least 4 members (excludes halogenated alkanes) is 1. The molecule has 2 N–H and O–H groups in total. The first kappa shape index (κ1) is 23.8. The van der Waals surface area contributed by atoms with E-state index in [0.29, 0.717) is 24.4 Å². The topological polar surface area (TPSA) is 136 Å². The van der Waals surface area contributed by atoms with Gasteiger partial charge in [0.1, 0.15) is 0 Å². The van der Waals surface area contributed by atoms with E-state index in [-0.39, 0.29) is 18.7 Å². The van der Waals surface area contributed by atoms with Crippen molar-refractivity contribution < 1.29 is 14.7 Å². The monoisotopic (exact) mass is 474 g/mol. The second-order valence-electron chi connectivity index (χ2n) is 8.13. The van der Waals surface area contributed by atoms with Crippen molar-refractivity contribution in [2.75, 3.05) is 0 Å². The predicted molar refractivity (Wildman–Crippen MR) is 129 cm³/mol. The molecule has 2 heterocycles. The summed E-state index contributed by atoms with van der Waals surface area (Å²) in [6, 6.07) is 15.3. The number of nitrogens with one attached hydrogen (secondary N) is 1. The third kappa shape index (κ3) is 4.68. The second kappa shape index (κ2) is 10.3. The quantitative estimate of drug-likeness (QED) is 0.378. The molecule has 180 valence electrons. The molecular weight excluding hydrogens is 448 g/mol. The minimum absolute atomic E-state index is 0.0336. The number of hydrogen-bond acceptors (Lipinski definition) is 6. The van der Waals surface area contributed by atoms with Gasteiger partial charge in [-0.05, 0) is 34.7 Å². The Morgan fingerprint density at radius 3 is 2.34 bits per heavy atom. The number of carboxylic acids is 1. The number of carbonyl (C=O) groups excluding carboxylic acids is 1. The molecule has 0 bridgehead atoms. The lowest BCUT2D eigenvalue weighted by molar-refractivity contribution is 0.0670. The van der Waals surface area contributed by atoms with Gasteiger partial charge in [0.15, 0.2) is 5.69 Å². The van der Waals surface area contributed by atoms with Crippen LogP contribution in [0.1, 0.15) is 59.7 Å². The molecule has 4 rings (SSSR count). The Morgan fingerprint density at radius 2 is 1.74 bits per heavy atom. The van der Waals surface area contributed by atoms with Crippen LogP contribution in [0.2, 0.25) is 0 Å². The van der Waals surface area contributed by atoms with Crippen LogP contribution < -0.4 is 5.69 Å². The number of benzene rings is 2. The maximum absolute atomic E-state index is 13.2. The number of aromatic amines is 1. The van der Waals surface area contributed by atoms with Crippen molar-refractivity contribution in [1.82, 2.24) is 29.8 Å².